The summed E-state index contributed by atoms with van der Waals surface area (Å²) in [5.74, 6) is -1.55. The number of nitrogens with one attached hydrogen (secondary N) is 1. The molecule has 0 aliphatic carbocycles. The van der Waals surface area contributed by atoms with Crippen LogP contribution in [0.4, 0.5) is 5.69 Å². The van der Waals surface area contributed by atoms with Gasteiger partial charge >= 0.3 is 5.97 Å². The number of hydrogen-bond acceptors (Lipinski definition) is 3. The number of benzene rings is 1. The van der Waals surface area contributed by atoms with Gasteiger partial charge in [0.25, 0.3) is 5.91 Å². The summed E-state index contributed by atoms with van der Waals surface area (Å²) in [5.41, 5.74) is 1.83. The number of aryl methyl sites for hydroxylation is 2. The van der Waals surface area contributed by atoms with Crippen molar-refractivity contribution in [3.63, 3.8) is 0 Å². The molecular formula is C14H14ClN3O3. The second-order valence-electron chi connectivity index (χ2n) is 4.62. The van der Waals surface area contributed by atoms with Crippen molar-refractivity contribution in [3.05, 3.63) is 45.7 Å². The average molecular weight is 308 g/mol. The summed E-state index contributed by atoms with van der Waals surface area (Å²) in [6.45, 7) is 3.49. The number of nitrogens with zero attached hydrogens (tertiary/aromatic N) is 2. The van der Waals surface area contributed by atoms with Crippen molar-refractivity contribution in [2.45, 2.75) is 13.8 Å². The molecular weight excluding hydrogens is 294 g/mol. The number of rotatable bonds is 3. The van der Waals surface area contributed by atoms with E-state index in [9.17, 15) is 9.59 Å². The summed E-state index contributed by atoms with van der Waals surface area (Å²) in [7, 11) is 1.74. The van der Waals surface area contributed by atoms with Gasteiger partial charge in [0.2, 0.25) is 0 Å². The Morgan fingerprint density at radius 2 is 2.00 bits per heavy atom. The normalized spacial score (nSPS) is 10.5. The summed E-state index contributed by atoms with van der Waals surface area (Å²) >= 11 is 5.86. The number of carboxylic acids is 1. The molecule has 0 unspecified atom stereocenters. The molecule has 110 valence electrons. The minimum absolute atomic E-state index is 0.0213. The summed E-state index contributed by atoms with van der Waals surface area (Å²) in [4.78, 5) is 23.5. The van der Waals surface area contributed by atoms with Gasteiger partial charge in [0, 0.05) is 17.8 Å². The van der Waals surface area contributed by atoms with E-state index in [1.165, 1.54) is 18.2 Å². The number of halogens is 1. The largest absolute Gasteiger partial charge is 0.478 e. The highest BCUT2D eigenvalue weighted by molar-refractivity contribution is 6.31. The van der Waals surface area contributed by atoms with Gasteiger partial charge in [-0.05, 0) is 32.0 Å². The molecule has 0 saturated carbocycles. The molecule has 1 aromatic carbocycles. The summed E-state index contributed by atoms with van der Waals surface area (Å²) in [6.07, 6.45) is 0. The molecule has 2 aromatic rings. The SMILES string of the molecule is Cc1nn(C)c(C)c1C(=O)Nc1cc(Cl)ccc1C(=O)O. The Morgan fingerprint density at radius 1 is 1.33 bits per heavy atom. The number of aromatic carboxylic acids is 1. The van der Waals surface area contributed by atoms with Crippen LogP contribution in [-0.4, -0.2) is 26.8 Å². The number of carboxylic acid groups (broad SMARTS) is 1. The highest BCUT2D eigenvalue weighted by atomic mass is 35.5. The first-order valence-electron chi connectivity index (χ1n) is 6.15. The zero-order valence-corrected chi connectivity index (χ0v) is 12.5. The Bertz CT molecular complexity index is 737. The Balaban J connectivity index is 2.40. The molecule has 0 spiro atoms. The lowest BCUT2D eigenvalue weighted by atomic mass is 10.1. The Morgan fingerprint density at radius 3 is 2.52 bits per heavy atom. The van der Waals surface area contributed by atoms with Crippen LogP contribution in [0.1, 0.15) is 32.1 Å². The maximum absolute atomic E-state index is 12.4. The fourth-order valence-corrected chi connectivity index (χ4v) is 2.27. The van der Waals surface area contributed by atoms with Crippen LogP contribution in [0.3, 0.4) is 0 Å². The number of anilines is 1. The number of carbonyl (C=O) groups excluding carboxylic acids is 1. The third-order valence-electron chi connectivity index (χ3n) is 3.20. The minimum atomic E-state index is -1.14. The Hall–Kier alpha value is -2.34. The molecule has 1 heterocycles. The van der Waals surface area contributed by atoms with Crippen molar-refractivity contribution in [2.24, 2.45) is 7.05 Å². The number of carbonyl (C=O) groups is 2. The van der Waals surface area contributed by atoms with E-state index < -0.39 is 11.9 Å². The molecule has 0 fully saturated rings. The fourth-order valence-electron chi connectivity index (χ4n) is 2.09. The van der Waals surface area contributed by atoms with Crippen LogP contribution >= 0.6 is 11.6 Å². The van der Waals surface area contributed by atoms with E-state index >= 15 is 0 Å². The van der Waals surface area contributed by atoms with E-state index in [-0.39, 0.29) is 11.3 Å². The maximum atomic E-state index is 12.4. The first-order valence-corrected chi connectivity index (χ1v) is 6.53. The van der Waals surface area contributed by atoms with Crippen molar-refractivity contribution < 1.29 is 14.7 Å². The number of hydrogen-bond donors (Lipinski definition) is 2. The van der Waals surface area contributed by atoms with Gasteiger partial charge in [0.15, 0.2) is 0 Å². The molecule has 0 aliphatic heterocycles. The molecule has 1 amide bonds. The molecule has 0 saturated heterocycles. The van der Waals surface area contributed by atoms with E-state index in [2.05, 4.69) is 10.4 Å². The maximum Gasteiger partial charge on any atom is 0.337 e. The summed E-state index contributed by atoms with van der Waals surface area (Å²) in [5, 5.41) is 16.2. The summed E-state index contributed by atoms with van der Waals surface area (Å²) < 4.78 is 1.60. The molecule has 0 atom stereocenters. The fraction of sp³-hybridized carbons (Fsp3) is 0.214. The van der Waals surface area contributed by atoms with Crippen LogP contribution in [-0.2, 0) is 7.05 Å². The third kappa shape index (κ3) is 2.90. The summed E-state index contributed by atoms with van der Waals surface area (Å²) in [6, 6.07) is 4.22. The third-order valence-corrected chi connectivity index (χ3v) is 3.43. The van der Waals surface area contributed by atoms with Crippen LogP contribution in [0.15, 0.2) is 18.2 Å². The highest BCUT2D eigenvalue weighted by Crippen LogP contribution is 2.23. The predicted molar refractivity (Wildman–Crippen MR) is 79.0 cm³/mol. The second kappa shape index (κ2) is 5.57. The van der Waals surface area contributed by atoms with Crippen molar-refractivity contribution in [1.29, 1.82) is 0 Å². The van der Waals surface area contributed by atoms with Gasteiger partial charge in [-0.1, -0.05) is 11.6 Å². The van der Waals surface area contributed by atoms with Gasteiger partial charge in [-0.2, -0.15) is 5.10 Å². The second-order valence-corrected chi connectivity index (χ2v) is 5.06. The Kier molecular flexibility index (Phi) is 3.99. The van der Waals surface area contributed by atoms with E-state index in [4.69, 9.17) is 16.7 Å². The quantitative estimate of drug-likeness (QED) is 0.913. The van der Waals surface area contributed by atoms with Crippen molar-refractivity contribution >= 4 is 29.2 Å². The van der Waals surface area contributed by atoms with Gasteiger partial charge in [-0.3, -0.25) is 9.48 Å². The lowest BCUT2D eigenvalue weighted by Crippen LogP contribution is -2.16. The molecule has 21 heavy (non-hydrogen) atoms. The van der Waals surface area contributed by atoms with E-state index in [1.54, 1.807) is 25.6 Å². The zero-order valence-electron chi connectivity index (χ0n) is 11.8. The van der Waals surface area contributed by atoms with Crippen LogP contribution in [0.25, 0.3) is 0 Å². The lowest BCUT2D eigenvalue weighted by Gasteiger charge is -2.09. The average Bonchev–Trinajstić information content (AvgIpc) is 2.62. The van der Waals surface area contributed by atoms with Crippen molar-refractivity contribution in [1.82, 2.24) is 9.78 Å². The molecule has 6 nitrogen and oxygen atoms in total. The van der Waals surface area contributed by atoms with Crippen LogP contribution < -0.4 is 5.32 Å². The predicted octanol–water partition coefficient (Wildman–Crippen LogP) is 2.64. The van der Waals surface area contributed by atoms with E-state index in [0.29, 0.717) is 22.0 Å². The van der Waals surface area contributed by atoms with Gasteiger partial charge in [-0.25, -0.2) is 4.79 Å². The Labute approximate surface area is 126 Å². The van der Waals surface area contributed by atoms with Crippen molar-refractivity contribution in [3.8, 4) is 0 Å². The van der Waals surface area contributed by atoms with E-state index in [1.807, 2.05) is 0 Å². The molecule has 1 aromatic heterocycles. The van der Waals surface area contributed by atoms with Crippen LogP contribution in [0, 0.1) is 13.8 Å². The van der Waals surface area contributed by atoms with Gasteiger partial charge in [0.05, 0.1) is 22.5 Å². The molecule has 7 heteroatoms. The first kappa shape index (κ1) is 15.1. The zero-order chi connectivity index (χ0) is 15.7. The number of aromatic nitrogens is 2. The molecule has 2 N–H and O–H groups in total. The van der Waals surface area contributed by atoms with Gasteiger partial charge in [0.1, 0.15) is 0 Å². The monoisotopic (exact) mass is 307 g/mol. The topological polar surface area (TPSA) is 84.2 Å². The van der Waals surface area contributed by atoms with E-state index in [0.717, 1.165) is 0 Å². The highest BCUT2D eigenvalue weighted by Gasteiger charge is 2.20. The van der Waals surface area contributed by atoms with Crippen LogP contribution in [0.5, 0.6) is 0 Å². The van der Waals surface area contributed by atoms with Crippen LogP contribution in [0.2, 0.25) is 5.02 Å². The van der Waals surface area contributed by atoms with Crippen molar-refractivity contribution in [2.75, 3.05) is 5.32 Å². The number of amides is 1. The van der Waals surface area contributed by atoms with Gasteiger partial charge in [-0.15, -0.1) is 0 Å². The first-order chi connectivity index (χ1) is 9.81. The standard InChI is InChI=1S/C14H14ClN3O3/c1-7-12(8(2)18(3)17-7)13(19)16-11-6-9(15)4-5-10(11)14(20)21/h4-6H,1-3H3,(H,16,19)(H,20,21). The minimum Gasteiger partial charge on any atom is -0.478 e. The smallest absolute Gasteiger partial charge is 0.337 e. The molecule has 2 rings (SSSR count). The molecule has 0 radical (unpaired) electrons. The van der Waals surface area contributed by atoms with Gasteiger partial charge < -0.3 is 10.4 Å². The molecule has 0 bridgehead atoms. The molecule has 0 aliphatic rings. The lowest BCUT2D eigenvalue weighted by molar-refractivity contribution is 0.0698.